The van der Waals surface area contributed by atoms with Gasteiger partial charge in [0.2, 0.25) is 5.91 Å². The number of hydrogen-bond donors (Lipinski definition) is 1. The Morgan fingerprint density at radius 1 is 0.800 bits per heavy atom. The number of carbonyl (C=O) groups excluding carboxylic acids is 1. The largest absolute Gasteiger partial charge is 0.416 e. The lowest BCUT2D eigenvalue weighted by molar-refractivity contribution is -0.138. The second-order valence-electron chi connectivity index (χ2n) is 7.98. The minimum atomic E-state index is -4.52. The fourth-order valence-electron chi connectivity index (χ4n) is 3.70. The van der Waals surface area contributed by atoms with Gasteiger partial charge < -0.3 is 10.0 Å². The molecule has 0 atom stereocenters. The molecular formula is C25H24F6N2O2. The first kappa shape index (κ1) is 26.5. The van der Waals surface area contributed by atoms with Crippen molar-refractivity contribution in [1.29, 1.82) is 0 Å². The fraction of sp³-hybridized carbons (Fsp3) is 0.320. The maximum atomic E-state index is 12.9. The van der Waals surface area contributed by atoms with Crippen LogP contribution in [0.15, 0.2) is 66.8 Å². The number of amides is 1. The minimum Gasteiger partial charge on any atom is -0.395 e. The van der Waals surface area contributed by atoms with Crippen molar-refractivity contribution in [2.75, 3.05) is 39.3 Å². The number of nitrogens with zero attached hydrogens (tertiary/aromatic N) is 2. The van der Waals surface area contributed by atoms with Gasteiger partial charge in [-0.1, -0.05) is 36.4 Å². The van der Waals surface area contributed by atoms with Gasteiger partial charge in [0.1, 0.15) is 0 Å². The Balaban J connectivity index is 1.84. The van der Waals surface area contributed by atoms with E-state index in [4.69, 9.17) is 5.11 Å². The molecule has 0 bridgehead atoms. The number of rotatable bonds is 6. The molecule has 1 fully saturated rings. The van der Waals surface area contributed by atoms with Crippen LogP contribution in [0.4, 0.5) is 26.3 Å². The highest BCUT2D eigenvalue weighted by Crippen LogP contribution is 2.33. The Kier molecular flexibility index (Phi) is 8.39. The van der Waals surface area contributed by atoms with Crippen molar-refractivity contribution < 1.29 is 36.2 Å². The lowest BCUT2D eigenvalue weighted by Gasteiger charge is -2.33. The number of alkyl halides is 6. The van der Waals surface area contributed by atoms with Crippen molar-refractivity contribution in [3.63, 3.8) is 0 Å². The number of β-amino-alcohol motifs (C(OH)–C–C–N with tert-alkyl or cyclic N) is 1. The molecule has 0 unspecified atom stereocenters. The molecule has 10 heteroatoms. The molecule has 1 amide bonds. The van der Waals surface area contributed by atoms with E-state index in [2.05, 4.69) is 0 Å². The van der Waals surface area contributed by atoms with Crippen molar-refractivity contribution in [2.45, 2.75) is 12.4 Å². The summed E-state index contributed by atoms with van der Waals surface area (Å²) in [6.45, 7) is 2.78. The van der Waals surface area contributed by atoms with Crippen LogP contribution in [0.2, 0.25) is 0 Å². The number of halogens is 6. The smallest absolute Gasteiger partial charge is 0.395 e. The quantitative estimate of drug-likeness (QED) is 0.352. The summed E-state index contributed by atoms with van der Waals surface area (Å²) in [6, 6.07) is 8.54. The third-order valence-electron chi connectivity index (χ3n) is 5.65. The topological polar surface area (TPSA) is 43.8 Å². The van der Waals surface area contributed by atoms with E-state index in [0.717, 1.165) is 24.3 Å². The van der Waals surface area contributed by atoms with E-state index in [1.165, 1.54) is 42.5 Å². The first-order valence-electron chi connectivity index (χ1n) is 10.8. The van der Waals surface area contributed by atoms with E-state index in [-0.39, 0.29) is 12.5 Å². The normalized spacial score (nSPS) is 15.5. The number of allylic oxidation sites excluding steroid dienone is 2. The summed E-state index contributed by atoms with van der Waals surface area (Å²) >= 11 is 0. The summed E-state index contributed by atoms with van der Waals surface area (Å²) < 4.78 is 77.7. The zero-order chi connectivity index (χ0) is 25.6. The minimum absolute atomic E-state index is 0.0370. The highest BCUT2D eigenvalue weighted by molar-refractivity contribution is 5.89. The molecule has 1 N–H and O–H groups in total. The van der Waals surface area contributed by atoms with Crippen LogP contribution in [0.25, 0.3) is 5.57 Å². The molecule has 1 aliphatic heterocycles. The van der Waals surface area contributed by atoms with Crippen LogP contribution in [0.3, 0.4) is 0 Å². The predicted molar refractivity (Wildman–Crippen MR) is 119 cm³/mol. The van der Waals surface area contributed by atoms with Gasteiger partial charge in [0.15, 0.2) is 0 Å². The highest BCUT2D eigenvalue weighted by atomic mass is 19.4. The van der Waals surface area contributed by atoms with Crippen molar-refractivity contribution in [3.8, 4) is 0 Å². The van der Waals surface area contributed by atoms with Gasteiger partial charge >= 0.3 is 12.4 Å². The molecule has 2 aromatic carbocycles. The second-order valence-corrected chi connectivity index (χ2v) is 7.98. The summed E-state index contributed by atoms with van der Waals surface area (Å²) in [4.78, 5) is 16.2. The predicted octanol–water partition coefficient (Wildman–Crippen LogP) is 4.85. The van der Waals surface area contributed by atoms with Gasteiger partial charge in [-0.25, -0.2) is 0 Å². The van der Waals surface area contributed by atoms with Crippen LogP contribution in [0.1, 0.15) is 22.3 Å². The van der Waals surface area contributed by atoms with E-state index in [0.29, 0.717) is 49.4 Å². The Hall–Kier alpha value is -3.11. The first-order chi connectivity index (χ1) is 16.5. The average molecular weight is 498 g/mol. The summed E-state index contributed by atoms with van der Waals surface area (Å²) in [6.07, 6.45) is -4.80. The van der Waals surface area contributed by atoms with Crippen LogP contribution in [-0.4, -0.2) is 60.1 Å². The molecule has 2 aromatic rings. The molecule has 0 aliphatic carbocycles. The van der Waals surface area contributed by atoms with Crippen LogP contribution < -0.4 is 0 Å². The van der Waals surface area contributed by atoms with Crippen LogP contribution in [0, 0.1) is 0 Å². The van der Waals surface area contributed by atoms with Gasteiger partial charge in [0.25, 0.3) is 0 Å². The Morgan fingerprint density at radius 3 is 1.66 bits per heavy atom. The summed E-state index contributed by atoms with van der Waals surface area (Å²) in [5, 5.41) is 9.01. The number of piperazine rings is 1. The molecule has 1 heterocycles. The van der Waals surface area contributed by atoms with E-state index < -0.39 is 23.5 Å². The average Bonchev–Trinajstić information content (AvgIpc) is 2.81. The lowest BCUT2D eigenvalue weighted by atomic mass is 9.95. The maximum Gasteiger partial charge on any atom is 0.416 e. The van der Waals surface area contributed by atoms with Crippen molar-refractivity contribution in [2.24, 2.45) is 0 Å². The fourth-order valence-corrected chi connectivity index (χ4v) is 3.70. The summed E-state index contributed by atoms with van der Waals surface area (Å²) in [7, 11) is 0. The molecule has 4 nitrogen and oxygen atoms in total. The molecule has 3 rings (SSSR count). The van der Waals surface area contributed by atoms with Crippen LogP contribution in [-0.2, 0) is 17.1 Å². The molecule has 188 valence electrons. The Morgan fingerprint density at radius 2 is 1.26 bits per heavy atom. The molecular weight excluding hydrogens is 474 g/mol. The van der Waals surface area contributed by atoms with E-state index >= 15 is 0 Å². The van der Waals surface area contributed by atoms with Gasteiger partial charge in [-0.05, 0) is 41.0 Å². The van der Waals surface area contributed by atoms with Gasteiger partial charge in [-0.3, -0.25) is 9.69 Å². The van der Waals surface area contributed by atoms with Gasteiger partial charge in [-0.15, -0.1) is 0 Å². The van der Waals surface area contributed by atoms with Crippen molar-refractivity contribution >= 4 is 11.5 Å². The zero-order valence-electron chi connectivity index (χ0n) is 18.6. The molecule has 0 spiro atoms. The first-order valence-corrected chi connectivity index (χ1v) is 10.8. The van der Waals surface area contributed by atoms with E-state index in [9.17, 15) is 31.1 Å². The molecule has 1 aliphatic rings. The van der Waals surface area contributed by atoms with Gasteiger partial charge in [0, 0.05) is 38.8 Å². The van der Waals surface area contributed by atoms with E-state index in [1.807, 2.05) is 4.90 Å². The number of carbonyl (C=O) groups is 1. The SMILES string of the molecule is O=C(/C=C/C=C(c1ccc(C(F)(F)F)cc1)c1ccc(C(F)(F)F)cc1)N1CCN(CCO)CC1. The summed E-state index contributed by atoms with van der Waals surface area (Å²) in [5.41, 5.74) is -0.623. The molecule has 0 saturated carbocycles. The number of benzene rings is 2. The number of aliphatic hydroxyl groups is 1. The van der Waals surface area contributed by atoms with Crippen molar-refractivity contribution in [1.82, 2.24) is 9.80 Å². The van der Waals surface area contributed by atoms with E-state index in [1.54, 1.807) is 4.90 Å². The third kappa shape index (κ3) is 7.19. The molecule has 0 radical (unpaired) electrons. The van der Waals surface area contributed by atoms with Crippen LogP contribution >= 0.6 is 0 Å². The zero-order valence-corrected chi connectivity index (χ0v) is 18.6. The highest BCUT2D eigenvalue weighted by Gasteiger charge is 2.31. The van der Waals surface area contributed by atoms with Crippen molar-refractivity contribution in [3.05, 3.63) is 89.0 Å². The third-order valence-corrected chi connectivity index (χ3v) is 5.65. The van der Waals surface area contributed by atoms with Gasteiger partial charge in [0.05, 0.1) is 17.7 Å². The lowest BCUT2D eigenvalue weighted by Crippen LogP contribution is -2.48. The van der Waals surface area contributed by atoms with Gasteiger partial charge in [-0.2, -0.15) is 26.3 Å². The standard InChI is InChI=1S/C25H24F6N2O2/c26-24(27,28)20-8-4-18(5-9-20)22(19-6-10-21(11-7-19)25(29,30)31)2-1-3-23(35)33-14-12-32(13-15-33)16-17-34/h1-11,34H,12-17H2/b3-1+. The number of hydrogen-bond acceptors (Lipinski definition) is 3. The monoisotopic (exact) mass is 498 g/mol. The maximum absolute atomic E-state index is 12.9. The molecule has 35 heavy (non-hydrogen) atoms. The number of aliphatic hydroxyl groups excluding tert-OH is 1. The second kappa shape index (κ2) is 11.1. The van der Waals surface area contributed by atoms with Crippen LogP contribution in [0.5, 0.6) is 0 Å². The molecule has 1 saturated heterocycles. The Labute approximate surface area is 198 Å². The summed E-state index contributed by atoms with van der Waals surface area (Å²) in [5.74, 6) is -0.260. The Bertz CT molecular complexity index is 990. The molecule has 0 aromatic heterocycles.